The number of amides is 1. The Labute approximate surface area is 169 Å². The molecule has 0 fully saturated rings. The summed E-state index contributed by atoms with van der Waals surface area (Å²) < 4.78 is 1.35. The van der Waals surface area contributed by atoms with E-state index in [0.717, 1.165) is 37.3 Å². The fourth-order valence-electron chi connectivity index (χ4n) is 3.94. The van der Waals surface area contributed by atoms with E-state index in [0.29, 0.717) is 13.1 Å². The molecule has 1 atom stereocenters. The number of H-pyrrole nitrogens is 1. The second-order valence-corrected chi connectivity index (χ2v) is 7.51. The lowest BCUT2D eigenvalue weighted by Crippen LogP contribution is -3.13. The molecular formula is C21H30N5O3+. The number of nitrogens with zero attached hydrogens (tertiary/aromatic N) is 2. The van der Waals surface area contributed by atoms with Crippen molar-refractivity contribution in [3.05, 3.63) is 56.2 Å². The van der Waals surface area contributed by atoms with Crippen LogP contribution in [0.4, 0.5) is 11.5 Å². The maximum absolute atomic E-state index is 13.1. The van der Waals surface area contributed by atoms with Crippen LogP contribution in [0.1, 0.15) is 37.8 Å². The second-order valence-electron chi connectivity index (χ2n) is 7.51. The molecule has 0 saturated heterocycles. The first-order valence-corrected chi connectivity index (χ1v) is 10.3. The van der Waals surface area contributed by atoms with Crippen LogP contribution in [0.2, 0.25) is 0 Å². The van der Waals surface area contributed by atoms with Gasteiger partial charge in [-0.3, -0.25) is 24.0 Å². The molecule has 1 unspecified atom stereocenters. The largest absolute Gasteiger partial charge is 0.383 e. The third kappa shape index (κ3) is 4.42. The van der Waals surface area contributed by atoms with Crippen molar-refractivity contribution in [2.24, 2.45) is 0 Å². The number of nitrogens with two attached hydrogens (primary N) is 1. The van der Waals surface area contributed by atoms with Gasteiger partial charge in [0.15, 0.2) is 12.2 Å². The molecule has 0 bridgehead atoms. The summed E-state index contributed by atoms with van der Waals surface area (Å²) in [5, 5.41) is 0. The highest BCUT2D eigenvalue weighted by atomic mass is 16.2. The van der Waals surface area contributed by atoms with Crippen molar-refractivity contribution in [3.63, 3.8) is 0 Å². The lowest BCUT2D eigenvalue weighted by molar-refractivity contribution is -0.907. The number of nitrogen functional groups attached to an aromatic ring is 1. The molecule has 2 aromatic rings. The van der Waals surface area contributed by atoms with Crippen LogP contribution in [0, 0.1) is 0 Å². The number of anilines is 2. The molecule has 2 heterocycles. The number of rotatable bonds is 7. The molecule has 1 aliphatic rings. The number of likely N-dealkylation sites (N-methyl/N-ethyl adjacent to an activating group) is 1. The maximum Gasteiger partial charge on any atom is 0.330 e. The van der Waals surface area contributed by atoms with Crippen molar-refractivity contribution < 1.29 is 9.69 Å². The Morgan fingerprint density at radius 3 is 2.66 bits per heavy atom. The summed E-state index contributed by atoms with van der Waals surface area (Å²) in [5.74, 6) is -0.110. The van der Waals surface area contributed by atoms with Gasteiger partial charge in [-0.2, -0.15) is 0 Å². The fraction of sp³-hybridized carbons (Fsp3) is 0.476. The van der Waals surface area contributed by atoms with E-state index in [1.54, 1.807) is 6.92 Å². The Hall–Kier alpha value is -2.87. The summed E-state index contributed by atoms with van der Waals surface area (Å²) in [6, 6.07) is 8.28. The first-order chi connectivity index (χ1) is 14.0. The molecule has 1 aliphatic heterocycles. The first-order valence-electron chi connectivity index (χ1n) is 10.3. The number of aromatic nitrogens is 2. The summed E-state index contributed by atoms with van der Waals surface area (Å²) in [6.07, 6.45) is 2.57. The second kappa shape index (κ2) is 9.09. The highest BCUT2D eigenvalue weighted by Gasteiger charge is 2.28. The predicted octanol–water partition coefficient (Wildman–Crippen LogP) is -0.0870. The molecule has 0 aliphatic carbocycles. The van der Waals surface area contributed by atoms with Crippen LogP contribution < -0.4 is 26.8 Å². The smallest absolute Gasteiger partial charge is 0.330 e. The van der Waals surface area contributed by atoms with Crippen molar-refractivity contribution in [3.8, 4) is 0 Å². The van der Waals surface area contributed by atoms with E-state index in [1.165, 1.54) is 20.6 Å². The summed E-state index contributed by atoms with van der Waals surface area (Å²) >= 11 is 0. The fourth-order valence-corrected chi connectivity index (χ4v) is 3.94. The average Bonchev–Trinajstić information content (AvgIpc) is 2.70. The minimum absolute atomic E-state index is 0.0568. The van der Waals surface area contributed by atoms with Crippen LogP contribution in [0.5, 0.6) is 0 Å². The Kier molecular flexibility index (Phi) is 6.53. The Balaban J connectivity index is 1.83. The molecule has 0 radical (unpaired) electrons. The number of hydrogen-bond donors (Lipinski definition) is 3. The van der Waals surface area contributed by atoms with Crippen LogP contribution in [0.3, 0.4) is 0 Å². The summed E-state index contributed by atoms with van der Waals surface area (Å²) in [5.41, 5.74) is 7.69. The van der Waals surface area contributed by atoms with Gasteiger partial charge in [0.1, 0.15) is 12.4 Å². The van der Waals surface area contributed by atoms with Gasteiger partial charge in [0.2, 0.25) is 0 Å². The topological polar surface area (TPSA) is 106 Å². The first kappa shape index (κ1) is 20.9. The van der Waals surface area contributed by atoms with Gasteiger partial charge in [-0.05, 0) is 18.9 Å². The van der Waals surface area contributed by atoms with Gasteiger partial charge in [-0.15, -0.1) is 0 Å². The summed E-state index contributed by atoms with van der Waals surface area (Å²) in [4.78, 5) is 42.6. The van der Waals surface area contributed by atoms with Crippen molar-refractivity contribution >= 4 is 17.4 Å². The Morgan fingerprint density at radius 1 is 1.24 bits per heavy atom. The minimum Gasteiger partial charge on any atom is -0.383 e. The number of benzene rings is 1. The van der Waals surface area contributed by atoms with E-state index in [1.807, 2.05) is 19.1 Å². The molecule has 1 aromatic heterocycles. The molecule has 8 nitrogen and oxygen atoms in total. The number of fused-ring (bicyclic) bond motifs is 1. The molecule has 1 aromatic carbocycles. The Morgan fingerprint density at radius 2 is 1.97 bits per heavy atom. The van der Waals surface area contributed by atoms with E-state index in [-0.39, 0.29) is 24.0 Å². The van der Waals surface area contributed by atoms with Crippen LogP contribution >= 0.6 is 0 Å². The van der Waals surface area contributed by atoms with Gasteiger partial charge >= 0.3 is 5.69 Å². The number of quaternary nitrogens is 1. The monoisotopic (exact) mass is 400 g/mol. The molecule has 156 valence electrons. The third-order valence-electron chi connectivity index (χ3n) is 5.54. The lowest BCUT2D eigenvalue weighted by Gasteiger charge is -2.28. The average molecular weight is 401 g/mol. The molecule has 29 heavy (non-hydrogen) atoms. The summed E-state index contributed by atoms with van der Waals surface area (Å²) in [6.45, 7) is 6.44. The van der Waals surface area contributed by atoms with E-state index < -0.39 is 11.2 Å². The van der Waals surface area contributed by atoms with Gasteiger partial charge in [0.25, 0.3) is 11.5 Å². The van der Waals surface area contributed by atoms with Gasteiger partial charge in [0, 0.05) is 25.1 Å². The molecule has 3 rings (SSSR count). The zero-order valence-corrected chi connectivity index (χ0v) is 17.2. The van der Waals surface area contributed by atoms with Crippen molar-refractivity contribution in [2.45, 2.75) is 46.2 Å². The normalized spacial score (nSPS) is 15.7. The zero-order valence-electron chi connectivity index (χ0n) is 17.2. The SMILES string of the molecule is CCCCn1c(N)c(N(CC)C(=O)C[NH+]2CCc3ccccc3C2)c(=O)[nH]c1=O. The third-order valence-corrected chi connectivity index (χ3v) is 5.54. The van der Waals surface area contributed by atoms with Gasteiger partial charge in [0.05, 0.1) is 6.54 Å². The number of hydrogen-bond acceptors (Lipinski definition) is 4. The van der Waals surface area contributed by atoms with E-state index in [2.05, 4.69) is 17.1 Å². The van der Waals surface area contributed by atoms with Crippen molar-refractivity contribution in [1.82, 2.24) is 9.55 Å². The molecule has 1 amide bonds. The van der Waals surface area contributed by atoms with Crippen LogP contribution in [-0.2, 0) is 24.3 Å². The van der Waals surface area contributed by atoms with Crippen molar-refractivity contribution in [2.75, 3.05) is 30.3 Å². The number of carbonyl (C=O) groups is 1. The molecular weight excluding hydrogens is 370 g/mol. The minimum atomic E-state index is -0.616. The molecule has 4 N–H and O–H groups in total. The van der Waals surface area contributed by atoms with Gasteiger partial charge in [-0.25, -0.2) is 4.79 Å². The standard InChI is InChI=1S/C21H29N5O3/c1-3-5-11-26-19(22)18(20(28)23-21(26)29)25(4-2)17(27)14-24-12-10-15-8-6-7-9-16(15)13-24/h6-9H,3-5,10-14,22H2,1-2H3,(H,23,28,29)/p+1. The van der Waals surface area contributed by atoms with E-state index >= 15 is 0 Å². The lowest BCUT2D eigenvalue weighted by atomic mass is 10.00. The van der Waals surface area contributed by atoms with Gasteiger partial charge in [-0.1, -0.05) is 37.6 Å². The summed E-state index contributed by atoms with van der Waals surface area (Å²) in [7, 11) is 0. The van der Waals surface area contributed by atoms with E-state index in [4.69, 9.17) is 5.73 Å². The maximum atomic E-state index is 13.1. The molecule has 8 heteroatoms. The van der Waals surface area contributed by atoms with Crippen LogP contribution in [0.25, 0.3) is 0 Å². The zero-order chi connectivity index (χ0) is 21.0. The number of aromatic amines is 1. The number of carbonyl (C=O) groups excluding carboxylic acids is 1. The predicted molar refractivity (Wildman–Crippen MR) is 113 cm³/mol. The van der Waals surface area contributed by atoms with Gasteiger partial charge < -0.3 is 10.6 Å². The highest BCUT2D eigenvalue weighted by Crippen LogP contribution is 2.17. The number of nitrogens with one attached hydrogen (secondary N) is 2. The quantitative estimate of drug-likeness (QED) is 0.604. The van der Waals surface area contributed by atoms with Crippen LogP contribution in [-0.4, -0.2) is 35.1 Å². The molecule has 0 spiro atoms. The Bertz CT molecular complexity index is 995. The highest BCUT2D eigenvalue weighted by molar-refractivity contribution is 5.96. The number of unbranched alkanes of at least 4 members (excludes halogenated alkanes) is 1. The van der Waals surface area contributed by atoms with E-state index in [9.17, 15) is 14.4 Å². The molecule has 0 saturated carbocycles. The van der Waals surface area contributed by atoms with Crippen molar-refractivity contribution in [1.29, 1.82) is 0 Å². The van der Waals surface area contributed by atoms with Crippen LogP contribution in [0.15, 0.2) is 33.9 Å².